The maximum atomic E-state index is 5.64. The van der Waals surface area contributed by atoms with Crippen molar-refractivity contribution in [3.63, 3.8) is 0 Å². The van der Waals surface area contributed by atoms with E-state index in [0.717, 1.165) is 12.2 Å². The first-order valence-electron chi connectivity index (χ1n) is 6.94. The summed E-state index contributed by atoms with van der Waals surface area (Å²) in [6.07, 6.45) is 6.47. The van der Waals surface area contributed by atoms with Crippen LogP contribution in [-0.4, -0.2) is 21.5 Å². The van der Waals surface area contributed by atoms with Gasteiger partial charge in [-0.15, -0.1) is 0 Å². The van der Waals surface area contributed by atoms with Crippen LogP contribution >= 0.6 is 12.2 Å². The first-order chi connectivity index (χ1) is 9.04. The van der Waals surface area contributed by atoms with Crippen molar-refractivity contribution < 1.29 is 0 Å². The maximum absolute atomic E-state index is 5.64. The van der Waals surface area contributed by atoms with Crippen LogP contribution in [-0.2, 0) is 0 Å². The summed E-state index contributed by atoms with van der Waals surface area (Å²) in [5, 5.41) is 3.38. The fourth-order valence-electron chi connectivity index (χ4n) is 2.82. The number of hydrogen-bond acceptors (Lipinski definition) is 4. The Hall–Kier alpha value is -1.23. The predicted molar refractivity (Wildman–Crippen MR) is 82.3 cm³/mol. The third kappa shape index (κ3) is 3.41. The van der Waals surface area contributed by atoms with Crippen LogP contribution in [0.25, 0.3) is 0 Å². The molecule has 0 radical (unpaired) electrons. The summed E-state index contributed by atoms with van der Waals surface area (Å²) in [4.78, 5) is 9.10. The number of aryl methyl sites for hydroxylation is 1. The molecule has 0 amide bonds. The fraction of sp³-hybridized carbons (Fsp3) is 0.643. The van der Waals surface area contributed by atoms with Gasteiger partial charge >= 0.3 is 0 Å². The Kier molecular flexibility index (Phi) is 4.34. The zero-order valence-corrected chi connectivity index (χ0v) is 12.5. The molecule has 0 atom stereocenters. The summed E-state index contributed by atoms with van der Waals surface area (Å²) in [5.74, 6) is 0.641. The van der Waals surface area contributed by atoms with Crippen LogP contribution in [0.4, 0.5) is 5.95 Å². The van der Waals surface area contributed by atoms with E-state index < -0.39 is 0 Å². The highest BCUT2D eigenvalue weighted by Crippen LogP contribution is 2.40. The van der Waals surface area contributed by atoms with E-state index in [1.807, 2.05) is 13.0 Å². The summed E-state index contributed by atoms with van der Waals surface area (Å²) < 4.78 is 0. The SMILES string of the molecule is CCC1(CNc2nc(C)cc(C(N)=S)n2)CCCC1. The van der Waals surface area contributed by atoms with Crippen molar-refractivity contribution in [2.24, 2.45) is 11.1 Å². The first kappa shape index (κ1) is 14.2. The molecule has 1 aliphatic carbocycles. The van der Waals surface area contributed by atoms with Crippen molar-refractivity contribution in [3.8, 4) is 0 Å². The number of hydrogen-bond donors (Lipinski definition) is 2. The summed E-state index contributed by atoms with van der Waals surface area (Å²) in [6, 6.07) is 1.82. The van der Waals surface area contributed by atoms with Gasteiger partial charge in [0.2, 0.25) is 5.95 Å². The largest absolute Gasteiger partial charge is 0.388 e. The standard InChI is InChI=1S/C14H22N4S/c1-3-14(6-4-5-7-14)9-16-13-17-10(2)8-11(18-13)12(15)19/h8H,3-7,9H2,1-2H3,(H2,15,19)(H,16,17,18). The van der Waals surface area contributed by atoms with Gasteiger partial charge in [0.05, 0.1) is 0 Å². The van der Waals surface area contributed by atoms with Crippen LogP contribution in [0, 0.1) is 12.3 Å². The molecule has 0 aromatic carbocycles. The van der Waals surface area contributed by atoms with Crippen LogP contribution < -0.4 is 11.1 Å². The average Bonchev–Trinajstić information content (AvgIpc) is 2.85. The van der Waals surface area contributed by atoms with Gasteiger partial charge < -0.3 is 11.1 Å². The minimum absolute atomic E-state index is 0.319. The summed E-state index contributed by atoms with van der Waals surface area (Å²) in [7, 11) is 0. The minimum Gasteiger partial charge on any atom is -0.388 e. The lowest BCUT2D eigenvalue weighted by molar-refractivity contribution is 0.306. The van der Waals surface area contributed by atoms with E-state index in [1.165, 1.54) is 32.1 Å². The Bertz CT molecular complexity index is 467. The number of rotatable bonds is 5. The van der Waals surface area contributed by atoms with Gasteiger partial charge in [0.15, 0.2) is 0 Å². The Morgan fingerprint density at radius 2 is 2.11 bits per heavy atom. The zero-order valence-electron chi connectivity index (χ0n) is 11.7. The second-order valence-corrected chi connectivity index (χ2v) is 5.94. The van der Waals surface area contributed by atoms with Crippen molar-refractivity contribution in [3.05, 3.63) is 17.5 Å². The third-order valence-corrected chi connectivity index (χ3v) is 4.35. The average molecular weight is 278 g/mol. The molecule has 1 heterocycles. The molecule has 1 aromatic rings. The molecular formula is C14H22N4S. The van der Waals surface area contributed by atoms with Gasteiger partial charge in [0, 0.05) is 12.2 Å². The summed E-state index contributed by atoms with van der Waals surface area (Å²) >= 11 is 4.98. The number of nitrogens with one attached hydrogen (secondary N) is 1. The molecule has 0 spiro atoms. The smallest absolute Gasteiger partial charge is 0.223 e. The lowest BCUT2D eigenvalue weighted by atomic mass is 9.83. The van der Waals surface area contributed by atoms with Gasteiger partial charge in [-0.1, -0.05) is 32.0 Å². The highest BCUT2D eigenvalue weighted by Gasteiger charge is 2.31. The first-order valence-corrected chi connectivity index (χ1v) is 7.35. The van der Waals surface area contributed by atoms with Crippen LogP contribution in [0.2, 0.25) is 0 Å². The number of anilines is 1. The van der Waals surface area contributed by atoms with Gasteiger partial charge in [-0.25, -0.2) is 9.97 Å². The molecule has 4 nitrogen and oxygen atoms in total. The van der Waals surface area contributed by atoms with Crippen molar-refractivity contribution in [1.82, 2.24) is 9.97 Å². The fourth-order valence-corrected chi connectivity index (χ4v) is 2.93. The Labute approximate surface area is 120 Å². The second-order valence-electron chi connectivity index (χ2n) is 5.50. The van der Waals surface area contributed by atoms with Crippen LogP contribution in [0.1, 0.15) is 50.4 Å². The van der Waals surface area contributed by atoms with Gasteiger partial charge in [-0.2, -0.15) is 0 Å². The lowest BCUT2D eigenvalue weighted by Gasteiger charge is -2.27. The molecule has 0 aliphatic heterocycles. The highest BCUT2D eigenvalue weighted by atomic mass is 32.1. The van der Waals surface area contributed by atoms with Crippen LogP contribution in [0.3, 0.4) is 0 Å². The molecule has 1 aliphatic rings. The van der Waals surface area contributed by atoms with E-state index in [-0.39, 0.29) is 0 Å². The molecule has 1 saturated carbocycles. The van der Waals surface area contributed by atoms with Gasteiger partial charge in [0.25, 0.3) is 0 Å². The van der Waals surface area contributed by atoms with E-state index in [4.69, 9.17) is 18.0 Å². The van der Waals surface area contributed by atoms with Crippen molar-refractivity contribution >= 4 is 23.2 Å². The highest BCUT2D eigenvalue weighted by molar-refractivity contribution is 7.80. The van der Waals surface area contributed by atoms with Crippen molar-refractivity contribution in [2.45, 2.75) is 46.0 Å². The molecule has 0 saturated heterocycles. The molecule has 3 N–H and O–H groups in total. The van der Waals surface area contributed by atoms with Crippen molar-refractivity contribution in [2.75, 3.05) is 11.9 Å². The molecule has 104 valence electrons. The van der Waals surface area contributed by atoms with E-state index in [9.17, 15) is 0 Å². The zero-order chi connectivity index (χ0) is 13.9. The number of nitrogens with zero attached hydrogens (tertiary/aromatic N) is 2. The van der Waals surface area contributed by atoms with Crippen molar-refractivity contribution in [1.29, 1.82) is 0 Å². The van der Waals surface area contributed by atoms with Gasteiger partial charge in [0.1, 0.15) is 10.7 Å². The normalized spacial score (nSPS) is 17.4. The second kappa shape index (κ2) is 5.82. The molecule has 0 unspecified atom stereocenters. The minimum atomic E-state index is 0.319. The monoisotopic (exact) mass is 278 g/mol. The molecule has 19 heavy (non-hydrogen) atoms. The molecule has 1 fully saturated rings. The number of aromatic nitrogens is 2. The van der Waals surface area contributed by atoms with E-state index in [1.54, 1.807) is 0 Å². The lowest BCUT2D eigenvalue weighted by Crippen LogP contribution is -2.27. The number of thiocarbonyl (C=S) groups is 1. The van der Waals surface area contributed by atoms with E-state index in [2.05, 4.69) is 22.2 Å². The predicted octanol–water partition coefficient (Wildman–Crippen LogP) is 2.80. The molecule has 1 aromatic heterocycles. The maximum Gasteiger partial charge on any atom is 0.223 e. The summed E-state index contributed by atoms with van der Waals surface area (Å²) in [6.45, 7) is 5.13. The Morgan fingerprint density at radius 3 is 2.68 bits per heavy atom. The van der Waals surface area contributed by atoms with E-state index in [0.29, 0.717) is 22.0 Å². The Balaban J connectivity index is 2.08. The third-order valence-electron chi connectivity index (χ3n) is 4.14. The molecular weight excluding hydrogens is 256 g/mol. The molecule has 0 bridgehead atoms. The van der Waals surface area contributed by atoms with Crippen LogP contribution in [0.5, 0.6) is 0 Å². The van der Waals surface area contributed by atoms with E-state index >= 15 is 0 Å². The topological polar surface area (TPSA) is 63.8 Å². The number of nitrogens with two attached hydrogens (primary N) is 1. The molecule has 5 heteroatoms. The van der Waals surface area contributed by atoms with Gasteiger partial charge in [-0.3, -0.25) is 0 Å². The van der Waals surface area contributed by atoms with Gasteiger partial charge in [-0.05, 0) is 37.7 Å². The Morgan fingerprint density at radius 1 is 1.42 bits per heavy atom. The van der Waals surface area contributed by atoms with Crippen LogP contribution in [0.15, 0.2) is 6.07 Å². The quantitative estimate of drug-likeness (QED) is 0.811. The summed E-state index contributed by atoms with van der Waals surface area (Å²) in [5.41, 5.74) is 7.58. The molecule has 2 rings (SSSR count).